The molecule has 0 unspecified atom stereocenters. The molecule has 6 heterocycles. The van der Waals surface area contributed by atoms with Gasteiger partial charge in [-0.1, -0.05) is 39.3 Å². The third kappa shape index (κ3) is 8.69. The van der Waals surface area contributed by atoms with Gasteiger partial charge in [-0.3, -0.25) is 0 Å². The third-order valence-corrected chi connectivity index (χ3v) is 19.3. The monoisotopic (exact) mass is 1030 g/mol. The van der Waals surface area contributed by atoms with Gasteiger partial charge in [0.15, 0.2) is 30.9 Å². The molecule has 23 heteroatoms. The fourth-order valence-electron chi connectivity index (χ4n) is 15.2. The number of allylic oxidation sites excluding steroid dienone is 1. The minimum atomic E-state index is -1.78. The molecule has 9 fully saturated rings. The van der Waals surface area contributed by atoms with Crippen molar-refractivity contribution in [3.8, 4) is 0 Å². The summed E-state index contributed by atoms with van der Waals surface area (Å²) < 4.78 is 62.5. The molecule has 32 atom stereocenters. The van der Waals surface area contributed by atoms with E-state index in [-0.39, 0.29) is 60.7 Å². The fraction of sp³-hybridized carbons (Fsp3) is 0.959. The van der Waals surface area contributed by atoms with Crippen molar-refractivity contribution in [1.82, 2.24) is 0 Å². The molecule has 4 aliphatic carbocycles. The van der Waals surface area contributed by atoms with E-state index in [1.54, 1.807) is 0 Å². The van der Waals surface area contributed by atoms with Crippen LogP contribution in [0.4, 0.5) is 0 Å². The highest BCUT2D eigenvalue weighted by Crippen LogP contribution is 2.71. The Kier molecular flexibility index (Phi) is 15.2. The van der Waals surface area contributed by atoms with Gasteiger partial charge < -0.3 is 114 Å². The molecule has 6 aliphatic heterocycles. The number of hydrogen-bond donors (Lipinski definition) is 13. The average Bonchev–Trinajstić information content (AvgIpc) is 3.81. The van der Waals surface area contributed by atoms with E-state index in [1.807, 2.05) is 13.8 Å². The van der Waals surface area contributed by atoms with E-state index < -0.39 is 165 Å². The lowest BCUT2D eigenvalue weighted by molar-refractivity contribution is -0.382. The van der Waals surface area contributed by atoms with Crippen LogP contribution in [0.2, 0.25) is 0 Å². The molecule has 0 aromatic carbocycles. The molecular formula is C49H78O23. The van der Waals surface area contributed by atoms with Gasteiger partial charge in [0.25, 0.3) is 0 Å². The standard InChI is InChI=1S/C49H78O23/c1-17-14-65-49(42(62)39(17)69-45-38(61)35(58)33(56)28(13-50)67-45)18(2)30-27(72-49)12-24-22-7-6-20-10-21(51)11-29(48(20,5)23(22)8-9-47(24,30)4)68-46-41(71-44-37(60)34(57)31(54)19(3)66-44)40(26(53)16-64-46)70-43-36(59)32(55)25(52)15-63-43/h6,17-19,21-46,50-62H,7-16H2,1-5H3/t17-,18-,19-,21+,22+,23-,24-,25+,26-,27-,28+,29+,30-,31-,32-,33+,34+,35-,36+,37+,38+,39-,40-,41+,42-,43-,44-,45-,46-,47-,48-,49-/m0/s1. The summed E-state index contributed by atoms with van der Waals surface area (Å²) in [6.45, 7) is 8.53. The summed E-state index contributed by atoms with van der Waals surface area (Å²) in [6, 6.07) is 0. The Bertz CT molecular complexity index is 1930. The smallest absolute Gasteiger partial charge is 0.200 e. The van der Waals surface area contributed by atoms with E-state index in [4.69, 9.17) is 47.4 Å². The second kappa shape index (κ2) is 20.2. The molecule has 6 saturated heterocycles. The van der Waals surface area contributed by atoms with Crippen molar-refractivity contribution >= 4 is 0 Å². The van der Waals surface area contributed by atoms with Gasteiger partial charge in [-0.05, 0) is 68.1 Å². The Labute approximate surface area is 417 Å². The molecule has 412 valence electrons. The topological polar surface area (TPSA) is 355 Å². The van der Waals surface area contributed by atoms with E-state index in [0.717, 1.165) is 24.8 Å². The SMILES string of the molecule is C[C@@H]1O[C@@H](O[C@H]2[C@H](O[C@@H]3C[C@H](O)CC4=CC[C@H]5[C@@H]6C[C@@H]7O[C@@]8(OC[C@H](C)[C@H](O[C@@H]9O[C@H](CO)[C@@H](O)[C@H](O)[C@H]9O)[C@@H]8O)[C@@H](C)[C@@H]7[C@@]6(C)CC[C@@H]5[C@]43C)OC[C@H](O)[C@@H]2O[C@@H]2OC[C@@H](O)[C@H](O)[C@H]2O)[C@H](O)[C@H](O)[C@H]1O. The van der Waals surface area contributed by atoms with Gasteiger partial charge in [0.2, 0.25) is 0 Å². The zero-order valence-corrected chi connectivity index (χ0v) is 41.3. The Morgan fingerprint density at radius 3 is 2.00 bits per heavy atom. The van der Waals surface area contributed by atoms with Gasteiger partial charge in [-0.15, -0.1) is 0 Å². The van der Waals surface area contributed by atoms with Gasteiger partial charge in [-0.25, -0.2) is 0 Å². The fourth-order valence-corrected chi connectivity index (χ4v) is 15.2. The molecule has 10 rings (SSSR count). The summed E-state index contributed by atoms with van der Waals surface area (Å²) in [5.74, 6) is -1.95. The van der Waals surface area contributed by atoms with Crippen LogP contribution in [0.3, 0.4) is 0 Å². The predicted octanol–water partition coefficient (Wildman–Crippen LogP) is -3.77. The molecule has 72 heavy (non-hydrogen) atoms. The van der Waals surface area contributed by atoms with Crippen molar-refractivity contribution in [2.45, 2.75) is 220 Å². The normalized spacial score (nSPS) is 58.8. The third-order valence-electron chi connectivity index (χ3n) is 19.3. The number of aliphatic hydroxyl groups excluding tert-OH is 13. The molecule has 3 saturated carbocycles. The van der Waals surface area contributed by atoms with Crippen molar-refractivity contribution in [3.63, 3.8) is 0 Å². The minimum absolute atomic E-state index is 0.0325. The average molecular weight is 1040 g/mol. The maximum atomic E-state index is 12.3. The summed E-state index contributed by atoms with van der Waals surface area (Å²) in [5.41, 5.74) is 0.0699. The van der Waals surface area contributed by atoms with Gasteiger partial charge in [0.05, 0.1) is 56.9 Å². The zero-order valence-electron chi connectivity index (χ0n) is 41.3. The van der Waals surface area contributed by atoms with Gasteiger partial charge in [0, 0.05) is 23.7 Å². The molecule has 0 radical (unpaired) electrons. The largest absolute Gasteiger partial charge is 0.394 e. The van der Waals surface area contributed by atoms with E-state index in [9.17, 15) is 66.4 Å². The zero-order chi connectivity index (χ0) is 51.7. The Morgan fingerprint density at radius 2 is 1.28 bits per heavy atom. The first-order valence-electron chi connectivity index (χ1n) is 26.0. The minimum Gasteiger partial charge on any atom is -0.394 e. The maximum Gasteiger partial charge on any atom is 0.200 e. The summed E-state index contributed by atoms with van der Waals surface area (Å²) in [4.78, 5) is 0. The van der Waals surface area contributed by atoms with Crippen LogP contribution in [-0.2, 0) is 47.4 Å². The van der Waals surface area contributed by atoms with Crippen molar-refractivity contribution in [2.24, 2.45) is 46.3 Å². The van der Waals surface area contributed by atoms with Gasteiger partial charge >= 0.3 is 0 Å². The molecule has 0 bridgehead atoms. The lowest BCUT2D eigenvalue weighted by atomic mass is 9.46. The molecule has 0 aromatic rings. The van der Waals surface area contributed by atoms with Crippen molar-refractivity contribution in [3.05, 3.63) is 11.6 Å². The second-order valence-electron chi connectivity index (χ2n) is 23.2. The molecule has 0 amide bonds. The Balaban J connectivity index is 0.893. The predicted molar refractivity (Wildman–Crippen MR) is 239 cm³/mol. The van der Waals surface area contributed by atoms with Crippen LogP contribution >= 0.6 is 0 Å². The summed E-state index contributed by atoms with van der Waals surface area (Å²) >= 11 is 0. The van der Waals surface area contributed by atoms with Crippen LogP contribution < -0.4 is 0 Å². The van der Waals surface area contributed by atoms with Crippen LogP contribution in [0.15, 0.2) is 11.6 Å². The van der Waals surface area contributed by atoms with E-state index in [1.165, 1.54) is 6.92 Å². The van der Waals surface area contributed by atoms with Crippen molar-refractivity contribution in [1.29, 1.82) is 0 Å². The van der Waals surface area contributed by atoms with E-state index in [2.05, 4.69) is 19.9 Å². The van der Waals surface area contributed by atoms with Crippen LogP contribution in [0.5, 0.6) is 0 Å². The highest BCUT2D eigenvalue weighted by atomic mass is 16.8. The summed E-state index contributed by atoms with van der Waals surface area (Å²) in [5, 5.41) is 141. The number of hydrogen-bond acceptors (Lipinski definition) is 23. The first kappa shape index (κ1) is 54.2. The molecule has 0 aromatic heterocycles. The van der Waals surface area contributed by atoms with Crippen LogP contribution in [0.25, 0.3) is 0 Å². The molecule has 13 N–H and O–H groups in total. The number of rotatable bonds is 9. The van der Waals surface area contributed by atoms with Gasteiger partial charge in [-0.2, -0.15) is 0 Å². The van der Waals surface area contributed by atoms with E-state index in [0.29, 0.717) is 12.8 Å². The first-order valence-corrected chi connectivity index (χ1v) is 26.0. The lowest BCUT2D eigenvalue weighted by Gasteiger charge is -2.61. The summed E-state index contributed by atoms with van der Waals surface area (Å²) in [6.07, 6.45) is -25.6. The molecule has 1 spiro atoms. The Morgan fingerprint density at radius 1 is 0.639 bits per heavy atom. The van der Waals surface area contributed by atoms with Crippen LogP contribution in [0.1, 0.15) is 73.1 Å². The number of aliphatic hydroxyl groups is 13. The molecule has 10 aliphatic rings. The van der Waals surface area contributed by atoms with Crippen LogP contribution in [-0.4, -0.2) is 240 Å². The molecular weight excluding hydrogens is 957 g/mol. The van der Waals surface area contributed by atoms with E-state index >= 15 is 0 Å². The van der Waals surface area contributed by atoms with Crippen LogP contribution in [0, 0.1) is 46.3 Å². The first-order chi connectivity index (χ1) is 34.0. The highest BCUT2D eigenvalue weighted by Gasteiger charge is 2.72. The number of ether oxygens (including phenoxy) is 10. The van der Waals surface area contributed by atoms with Crippen molar-refractivity contribution < 1.29 is 114 Å². The quantitative estimate of drug-likeness (QED) is 0.0986. The van der Waals surface area contributed by atoms with Crippen molar-refractivity contribution in [2.75, 3.05) is 26.4 Å². The maximum absolute atomic E-state index is 12.3. The Hall–Kier alpha value is -1.18. The van der Waals surface area contributed by atoms with Gasteiger partial charge in [0.1, 0.15) is 85.5 Å². The molecule has 23 nitrogen and oxygen atoms in total. The highest BCUT2D eigenvalue weighted by molar-refractivity contribution is 5.29. The second-order valence-corrected chi connectivity index (χ2v) is 23.2. The lowest BCUT2D eigenvalue weighted by Crippen LogP contribution is -2.66. The summed E-state index contributed by atoms with van der Waals surface area (Å²) in [7, 11) is 0. The number of fused-ring (bicyclic) bond motifs is 7.